The number of amides is 1. The maximum atomic E-state index is 12.2. The third-order valence-corrected chi connectivity index (χ3v) is 3.82. The van der Waals surface area contributed by atoms with Crippen LogP contribution >= 0.6 is 11.3 Å². The number of carboxylic acids is 1. The van der Waals surface area contributed by atoms with Gasteiger partial charge in [-0.2, -0.15) is 0 Å². The number of nitrogens with zero attached hydrogens (tertiary/aromatic N) is 3. The quantitative estimate of drug-likeness (QED) is 0.811. The number of carbonyl (C=O) groups excluding carboxylic acids is 1. The second-order valence-electron chi connectivity index (χ2n) is 4.25. The van der Waals surface area contributed by atoms with Crippen LogP contribution < -0.4 is 5.32 Å². The van der Waals surface area contributed by atoms with E-state index in [1.54, 1.807) is 17.3 Å². The van der Waals surface area contributed by atoms with Gasteiger partial charge in [0.2, 0.25) is 0 Å². The summed E-state index contributed by atoms with van der Waals surface area (Å²) >= 11 is 1.39. The van der Waals surface area contributed by atoms with E-state index in [0.717, 1.165) is 0 Å². The van der Waals surface area contributed by atoms with Gasteiger partial charge in [0.1, 0.15) is 5.69 Å². The molecule has 2 heterocycles. The molecule has 0 saturated carbocycles. The summed E-state index contributed by atoms with van der Waals surface area (Å²) in [6.45, 7) is 2.28. The number of hydrogen-bond donors (Lipinski definition) is 2. The second kappa shape index (κ2) is 5.98. The molecule has 1 aliphatic heterocycles. The van der Waals surface area contributed by atoms with Crippen LogP contribution in [0.3, 0.4) is 0 Å². The first-order chi connectivity index (χ1) is 9.10. The van der Waals surface area contributed by atoms with Crippen molar-refractivity contribution < 1.29 is 14.7 Å². The molecule has 0 spiro atoms. The molecule has 0 atom stereocenters. The zero-order valence-corrected chi connectivity index (χ0v) is 11.4. The Labute approximate surface area is 114 Å². The first kappa shape index (κ1) is 13.8. The fraction of sp³-hybridized carbons (Fsp3) is 0.545. The Balaban J connectivity index is 1.90. The van der Waals surface area contributed by atoms with Crippen LogP contribution in [0, 0.1) is 0 Å². The maximum absolute atomic E-state index is 12.2. The Morgan fingerprint density at radius 3 is 2.63 bits per heavy atom. The number of nitrogens with one attached hydrogen (secondary N) is 1. The number of piperazine rings is 1. The van der Waals surface area contributed by atoms with E-state index in [-0.39, 0.29) is 12.5 Å². The fourth-order valence-corrected chi connectivity index (χ4v) is 2.59. The number of aromatic nitrogens is 1. The molecule has 104 valence electrons. The lowest BCUT2D eigenvalue weighted by molar-refractivity contribution is -0.138. The van der Waals surface area contributed by atoms with Crippen molar-refractivity contribution in [2.45, 2.75) is 0 Å². The Morgan fingerprint density at radius 2 is 2.11 bits per heavy atom. The maximum Gasteiger partial charge on any atom is 0.317 e. The monoisotopic (exact) mass is 284 g/mol. The van der Waals surface area contributed by atoms with Crippen molar-refractivity contribution in [1.29, 1.82) is 0 Å². The minimum atomic E-state index is -0.835. The van der Waals surface area contributed by atoms with Crippen molar-refractivity contribution in [3.8, 4) is 0 Å². The van der Waals surface area contributed by atoms with Crippen LogP contribution in [0.1, 0.15) is 10.5 Å². The van der Waals surface area contributed by atoms with Gasteiger partial charge in [0, 0.05) is 38.6 Å². The average molecular weight is 284 g/mol. The molecule has 0 bridgehead atoms. The number of hydrogen-bond acceptors (Lipinski definition) is 6. The van der Waals surface area contributed by atoms with Gasteiger partial charge in [-0.3, -0.25) is 14.5 Å². The van der Waals surface area contributed by atoms with Crippen LogP contribution in [0.4, 0.5) is 5.13 Å². The molecule has 1 aromatic heterocycles. The van der Waals surface area contributed by atoms with E-state index in [9.17, 15) is 9.59 Å². The predicted molar refractivity (Wildman–Crippen MR) is 71.6 cm³/mol. The summed E-state index contributed by atoms with van der Waals surface area (Å²) in [7, 11) is 1.76. The number of carboxylic acid groups (broad SMARTS) is 1. The molecule has 1 aliphatic rings. The molecule has 0 radical (unpaired) electrons. The molecule has 0 unspecified atom stereocenters. The van der Waals surface area contributed by atoms with Gasteiger partial charge in [0.15, 0.2) is 5.13 Å². The van der Waals surface area contributed by atoms with Crippen molar-refractivity contribution in [1.82, 2.24) is 14.8 Å². The van der Waals surface area contributed by atoms with Gasteiger partial charge in [0.05, 0.1) is 6.54 Å². The standard InChI is InChI=1S/C11H16N4O3S/c1-12-11-13-8(7-19-11)10(18)15-4-2-14(3-5-15)6-9(16)17/h7H,2-6H2,1H3,(H,12,13)(H,16,17). The molecule has 2 rings (SSSR count). The van der Waals surface area contributed by atoms with Crippen molar-refractivity contribution in [3.05, 3.63) is 11.1 Å². The van der Waals surface area contributed by atoms with Crippen LogP contribution in [0.5, 0.6) is 0 Å². The summed E-state index contributed by atoms with van der Waals surface area (Å²) in [6, 6.07) is 0. The highest BCUT2D eigenvalue weighted by Gasteiger charge is 2.24. The molecule has 1 amide bonds. The van der Waals surface area contributed by atoms with Gasteiger partial charge in [0.25, 0.3) is 5.91 Å². The third kappa shape index (κ3) is 3.42. The molecule has 1 aromatic rings. The summed E-state index contributed by atoms with van der Waals surface area (Å²) in [5, 5.41) is 14.1. The number of aliphatic carboxylic acids is 1. The van der Waals surface area contributed by atoms with E-state index in [1.165, 1.54) is 11.3 Å². The predicted octanol–water partition coefficient (Wildman–Crippen LogP) is 0.0272. The van der Waals surface area contributed by atoms with Crippen LogP contribution in [0.15, 0.2) is 5.38 Å². The molecular formula is C11H16N4O3S. The zero-order valence-electron chi connectivity index (χ0n) is 10.6. The van der Waals surface area contributed by atoms with Crippen LogP contribution in [-0.4, -0.2) is 71.5 Å². The van der Waals surface area contributed by atoms with Gasteiger partial charge in [-0.15, -0.1) is 11.3 Å². The molecule has 8 heteroatoms. The third-order valence-electron chi connectivity index (χ3n) is 2.96. The largest absolute Gasteiger partial charge is 0.480 e. The topological polar surface area (TPSA) is 85.8 Å². The summed E-state index contributed by atoms with van der Waals surface area (Å²) in [5.74, 6) is -0.925. The Kier molecular flexibility index (Phi) is 4.33. The highest BCUT2D eigenvalue weighted by Crippen LogP contribution is 2.16. The molecule has 2 N–H and O–H groups in total. The molecule has 7 nitrogen and oxygen atoms in total. The van der Waals surface area contributed by atoms with Gasteiger partial charge in [-0.1, -0.05) is 0 Å². The van der Waals surface area contributed by atoms with Crippen molar-refractivity contribution in [3.63, 3.8) is 0 Å². The van der Waals surface area contributed by atoms with Gasteiger partial charge >= 0.3 is 5.97 Å². The van der Waals surface area contributed by atoms with Gasteiger partial charge in [-0.05, 0) is 0 Å². The fourth-order valence-electron chi connectivity index (χ4n) is 1.95. The van der Waals surface area contributed by atoms with Gasteiger partial charge in [-0.25, -0.2) is 4.98 Å². The number of rotatable bonds is 4. The summed E-state index contributed by atoms with van der Waals surface area (Å²) in [5.41, 5.74) is 0.445. The molecule has 0 aliphatic carbocycles. The highest BCUT2D eigenvalue weighted by molar-refractivity contribution is 7.13. The lowest BCUT2D eigenvalue weighted by Gasteiger charge is -2.33. The Hall–Kier alpha value is -1.67. The molecule has 1 saturated heterocycles. The normalized spacial score (nSPS) is 16.4. The molecule has 1 fully saturated rings. The summed E-state index contributed by atoms with van der Waals surface area (Å²) in [4.78, 5) is 30.5. The van der Waals surface area contributed by atoms with E-state index in [1.807, 2.05) is 4.90 Å². The van der Waals surface area contributed by atoms with E-state index in [2.05, 4.69) is 10.3 Å². The number of anilines is 1. The Bertz CT molecular complexity index is 468. The highest BCUT2D eigenvalue weighted by atomic mass is 32.1. The lowest BCUT2D eigenvalue weighted by atomic mass is 10.3. The smallest absolute Gasteiger partial charge is 0.317 e. The first-order valence-corrected chi connectivity index (χ1v) is 6.85. The average Bonchev–Trinajstić information content (AvgIpc) is 2.87. The zero-order chi connectivity index (χ0) is 13.8. The van der Waals surface area contributed by atoms with Gasteiger partial charge < -0.3 is 15.3 Å². The lowest BCUT2D eigenvalue weighted by Crippen LogP contribution is -2.49. The SMILES string of the molecule is CNc1nc(C(=O)N2CCN(CC(=O)O)CC2)cs1. The van der Waals surface area contributed by atoms with Crippen LogP contribution in [-0.2, 0) is 4.79 Å². The van der Waals surface area contributed by atoms with E-state index in [4.69, 9.17) is 5.11 Å². The number of thiazole rings is 1. The summed E-state index contributed by atoms with van der Waals surface area (Å²) < 4.78 is 0. The second-order valence-corrected chi connectivity index (χ2v) is 5.11. The number of carbonyl (C=O) groups is 2. The van der Waals surface area contributed by atoms with Crippen LogP contribution in [0.2, 0.25) is 0 Å². The van der Waals surface area contributed by atoms with Crippen LogP contribution in [0.25, 0.3) is 0 Å². The first-order valence-electron chi connectivity index (χ1n) is 5.97. The van der Waals surface area contributed by atoms with Crippen molar-refractivity contribution >= 4 is 28.3 Å². The molecule has 0 aromatic carbocycles. The van der Waals surface area contributed by atoms with E-state index >= 15 is 0 Å². The molecule has 19 heavy (non-hydrogen) atoms. The van der Waals surface area contributed by atoms with E-state index in [0.29, 0.717) is 37.0 Å². The summed E-state index contributed by atoms with van der Waals surface area (Å²) in [6.07, 6.45) is 0. The minimum Gasteiger partial charge on any atom is -0.480 e. The van der Waals surface area contributed by atoms with E-state index < -0.39 is 5.97 Å². The van der Waals surface area contributed by atoms with Crippen molar-refractivity contribution in [2.75, 3.05) is 45.1 Å². The Morgan fingerprint density at radius 1 is 1.42 bits per heavy atom. The minimum absolute atomic E-state index is 0.0304. The molecular weight excluding hydrogens is 268 g/mol. The van der Waals surface area contributed by atoms with Crippen molar-refractivity contribution in [2.24, 2.45) is 0 Å².